The molecule has 21 heavy (non-hydrogen) atoms. The van der Waals surface area contributed by atoms with Gasteiger partial charge in [-0.25, -0.2) is 0 Å². The van der Waals surface area contributed by atoms with Gasteiger partial charge in [-0.2, -0.15) is 0 Å². The second kappa shape index (κ2) is 8.39. The quantitative estimate of drug-likeness (QED) is 0.716. The van der Waals surface area contributed by atoms with Gasteiger partial charge in [-0.3, -0.25) is 0 Å². The van der Waals surface area contributed by atoms with Crippen LogP contribution in [0.1, 0.15) is 25.1 Å². The Labute approximate surface area is 130 Å². The Morgan fingerprint density at radius 3 is 2.90 bits per heavy atom. The fourth-order valence-corrected chi connectivity index (χ4v) is 2.29. The summed E-state index contributed by atoms with van der Waals surface area (Å²) in [5, 5.41) is 5.17. The first-order chi connectivity index (χ1) is 10.2. The molecule has 2 rings (SSSR count). The Hall–Kier alpha value is -1.07. The SMILES string of the molecule is CCCNC(COCCOC)c1cc2cc(Cl)ccc2o1. The van der Waals surface area contributed by atoms with Crippen molar-refractivity contribution < 1.29 is 13.9 Å². The van der Waals surface area contributed by atoms with Crippen molar-refractivity contribution >= 4 is 22.6 Å². The summed E-state index contributed by atoms with van der Waals surface area (Å²) in [4.78, 5) is 0. The van der Waals surface area contributed by atoms with Crippen LogP contribution >= 0.6 is 11.6 Å². The van der Waals surface area contributed by atoms with Gasteiger partial charge < -0.3 is 19.2 Å². The van der Waals surface area contributed by atoms with E-state index in [1.807, 2.05) is 24.3 Å². The Morgan fingerprint density at radius 1 is 1.29 bits per heavy atom. The summed E-state index contributed by atoms with van der Waals surface area (Å²) in [6, 6.07) is 7.69. The molecule has 1 N–H and O–H groups in total. The first-order valence-electron chi connectivity index (χ1n) is 7.23. The summed E-state index contributed by atoms with van der Waals surface area (Å²) in [6.07, 6.45) is 1.06. The Morgan fingerprint density at radius 2 is 2.14 bits per heavy atom. The molecule has 1 aromatic carbocycles. The van der Waals surface area contributed by atoms with Crippen LogP contribution in [0.25, 0.3) is 11.0 Å². The van der Waals surface area contributed by atoms with Gasteiger partial charge >= 0.3 is 0 Å². The van der Waals surface area contributed by atoms with Crippen LogP contribution in [-0.4, -0.2) is 33.5 Å². The van der Waals surface area contributed by atoms with Crippen LogP contribution in [-0.2, 0) is 9.47 Å². The van der Waals surface area contributed by atoms with Crippen molar-refractivity contribution in [2.24, 2.45) is 0 Å². The third-order valence-corrected chi connectivity index (χ3v) is 3.43. The molecule has 1 unspecified atom stereocenters. The summed E-state index contributed by atoms with van der Waals surface area (Å²) in [5.74, 6) is 0.873. The van der Waals surface area contributed by atoms with Crippen molar-refractivity contribution in [1.82, 2.24) is 5.32 Å². The van der Waals surface area contributed by atoms with Crippen LogP contribution in [0.2, 0.25) is 5.02 Å². The number of halogens is 1. The molecule has 0 aliphatic carbocycles. The highest BCUT2D eigenvalue weighted by atomic mass is 35.5. The smallest absolute Gasteiger partial charge is 0.134 e. The lowest BCUT2D eigenvalue weighted by atomic mass is 10.2. The fraction of sp³-hybridized carbons (Fsp3) is 0.500. The number of furan rings is 1. The summed E-state index contributed by atoms with van der Waals surface area (Å²) < 4.78 is 16.5. The number of hydrogen-bond acceptors (Lipinski definition) is 4. The lowest BCUT2D eigenvalue weighted by molar-refractivity contribution is 0.0557. The van der Waals surface area contributed by atoms with Crippen molar-refractivity contribution in [3.63, 3.8) is 0 Å². The average molecular weight is 312 g/mol. The number of fused-ring (bicyclic) bond motifs is 1. The van der Waals surface area contributed by atoms with Gasteiger partial charge in [-0.1, -0.05) is 18.5 Å². The molecule has 1 heterocycles. The van der Waals surface area contributed by atoms with E-state index in [0.717, 1.165) is 29.7 Å². The summed E-state index contributed by atoms with van der Waals surface area (Å²) >= 11 is 6.01. The zero-order chi connectivity index (χ0) is 15.1. The first-order valence-corrected chi connectivity index (χ1v) is 7.61. The number of nitrogens with one attached hydrogen (secondary N) is 1. The van der Waals surface area contributed by atoms with Gasteiger partial charge in [0.25, 0.3) is 0 Å². The number of rotatable bonds is 9. The molecule has 0 spiro atoms. The highest BCUT2D eigenvalue weighted by molar-refractivity contribution is 6.31. The maximum Gasteiger partial charge on any atom is 0.134 e. The molecule has 1 atom stereocenters. The molecular weight excluding hydrogens is 290 g/mol. The Balaban J connectivity index is 2.09. The van der Waals surface area contributed by atoms with Crippen molar-refractivity contribution in [3.8, 4) is 0 Å². The van der Waals surface area contributed by atoms with E-state index < -0.39 is 0 Å². The third-order valence-electron chi connectivity index (χ3n) is 3.20. The minimum Gasteiger partial charge on any atom is -0.459 e. The highest BCUT2D eigenvalue weighted by Crippen LogP contribution is 2.26. The number of ether oxygens (including phenoxy) is 2. The van der Waals surface area contributed by atoms with Crippen molar-refractivity contribution in [3.05, 3.63) is 35.0 Å². The van der Waals surface area contributed by atoms with Crippen molar-refractivity contribution in [2.75, 3.05) is 33.5 Å². The van der Waals surface area contributed by atoms with E-state index in [-0.39, 0.29) is 6.04 Å². The van der Waals surface area contributed by atoms with Gasteiger partial charge in [0.15, 0.2) is 0 Å². The second-order valence-electron chi connectivity index (χ2n) is 4.91. The molecule has 0 saturated heterocycles. The molecule has 0 bridgehead atoms. The third kappa shape index (κ3) is 4.71. The largest absolute Gasteiger partial charge is 0.459 e. The van der Waals surface area contributed by atoms with Gasteiger partial charge in [0.2, 0.25) is 0 Å². The summed E-state index contributed by atoms with van der Waals surface area (Å²) in [7, 11) is 1.67. The van der Waals surface area contributed by atoms with Gasteiger partial charge in [-0.05, 0) is 37.2 Å². The number of hydrogen-bond donors (Lipinski definition) is 1. The maximum absolute atomic E-state index is 6.01. The molecule has 1 aromatic heterocycles. The van der Waals surface area contributed by atoms with E-state index in [4.69, 9.17) is 25.5 Å². The van der Waals surface area contributed by atoms with Crippen LogP contribution < -0.4 is 5.32 Å². The molecule has 0 fully saturated rings. The van der Waals surface area contributed by atoms with Crippen molar-refractivity contribution in [1.29, 1.82) is 0 Å². The lowest BCUT2D eigenvalue weighted by Gasteiger charge is -2.16. The van der Waals surface area contributed by atoms with E-state index in [9.17, 15) is 0 Å². The zero-order valence-electron chi connectivity index (χ0n) is 12.5. The molecule has 0 amide bonds. The second-order valence-corrected chi connectivity index (χ2v) is 5.34. The molecule has 0 aliphatic heterocycles. The normalized spacial score (nSPS) is 12.9. The Bertz CT molecular complexity index is 555. The van der Waals surface area contributed by atoms with Crippen LogP contribution in [0.5, 0.6) is 0 Å². The molecule has 0 saturated carbocycles. The van der Waals surface area contributed by atoms with E-state index >= 15 is 0 Å². The minimum atomic E-state index is 0.0352. The average Bonchev–Trinajstić information content (AvgIpc) is 2.89. The first kappa shape index (κ1) is 16.3. The van der Waals surface area contributed by atoms with Gasteiger partial charge in [0.1, 0.15) is 11.3 Å². The minimum absolute atomic E-state index is 0.0352. The predicted molar refractivity (Wildman–Crippen MR) is 85.0 cm³/mol. The molecular formula is C16H22ClNO3. The van der Waals surface area contributed by atoms with Crippen LogP contribution in [0.3, 0.4) is 0 Å². The van der Waals surface area contributed by atoms with Crippen LogP contribution in [0.4, 0.5) is 0 Å². The van der Waals surface area contributed by atoms with E-state index in [0.29, 0.717) is 24.8 Å². The zero-order valence-corrected chi connectivity index (χ0v) is 13.3. The van der Waals surface area contributed by atoms with E-state index in [2.05, 4.69) is 12.2 Å². The molecule has 2 aromatic rings. The monoisotopic (exact) mass is 311 g/mol. The predicted octanol–water partition coefficient (Wildman–Crippen LogP) is 3.79. The molecule has 5 heteroatoms. The van der Waals surface area contributed by atoms with E-state index in [1.165, 1.54) is 0 Å². The van der Waals surface area contributed by atoms with Crippen molar-refractivity contribution in [2.45, 2.75) is 19.4 Å². The number of benzene rings is 1. The van der Waals surface area contributed by atoms with Gasteiger partial charge in [-0.15, -0.1) is 0 Å². The summed E-state index contributed by atoms with van der Waals surface area (Å²) in [5.41, 5.74) is 0.842. The summed E-state index contributed by atoms with van der Waals surface area (Å²) in [6.45, 7) is 4.77. The molecule has 0 radical (unpaired) electrons. The Kier molecular flexibility index (Phi) is 6.51. The lowest BCUT2D eigenvalue weighted by Crippen LogP contribution is -2.26. The number of methoxy groups -OCH3 is 1. The maximum atomic E-state index is 6.01. The van der Waals surface area contributed by atoms with Crippen LogP contribution in [0.15, 0.2) is 28.7 Å². The van der Waals surface area contributed by atoms with Crippen LogP contribution in [0, 0.1) is 0 Å². The van der Waals surface area contributed by atoms with E-state index in [1.54, 1.807) is 7.11 Å². The molecule has 4 nitrogen and oxygen atoms in total. The topological polar surface area (TPSA) is 43.6 Å². The molecule has 0 aliphatic rings. The highest BCUT2D eigenvalue weighted by Gasteiger charge is 2.16. The van der Waals surface area contributed by atoms with Gasteiger partial charge in [0, 0.05) is 17.5 Å². The van der Waals surface area contributed by atoms with Gasteiger partial charge in [0.05, 0.1) is 25.9 Å². The fourth-order valence-electron chi connectivity index (χ4n) is 2.11. The standard InChI is InChI=1S/C16H22ClNO3/c1-3-6-18-14(11-20-8-7-19-2)16-10-12-9-13(17)4-5-15(12)21-16/h4-5,9-10,14,18H,3,6-8,11H2,1-2H3. The molecule has 116 valence electrons.